The van der Waals surface area contributed by atoms with Crippen molar-refractivity contribution in [2.24, 2.45) is 0 Å². The van der Waals surface area contributed by atoms with Crippen LogP contribution in [-0.4, -0.2) is 17.5 Å². The minimum atomic E-state index is -0.493. The Morgan fingerprint density at radius 2 is 0.926 bits per heavy atom. The third-order valence-corrected chi connectivity index (χ3v) is 7.52. The average molecular weight is 403 g/mol. The molecule has 3 heteroatoms. The molecule has 0 saturated heterocycles. The van der Waals surface area contributed by atoms with Gasteiger partial charge in [0, 0.05) is 17.9 Å². The van der Waals surface area contributed by atoms with E-state index in [1.54, 1.807) is 0 Å². The van der Waals surface area contributed by atoms with Crippen LogP contribution < -0.4 is 0 Å². The van der Waals surface area contributed by atoms with Crippen LogP contribution >= 0.6 is 11.2 Å². The number of carbonyl (C=O) groups excluding carboxylic acids is 1. The van der Waals surface area contributed by atoms with Crippen molar-refractivity contribution in [3.05, 3.63) is 0 Å². The molecule has 0 unspecified atom stereocenters. The maximum Gasteiger partial charge on any atom is 0.315 e. The first-order valence-corrected chi connectivity index (χ1v) is 13.8. The molecule has 0 N–H and O–H groups in total. The van der Waals surface area contributed by atoms with Crippen molar-refractivity contribution >= 4 is 17.1 Å². The zero-order chi connectivity index (χ0) is 20.0. The lowest BCUT2D eigenvalue weighted by molar-refractivity contribution is -0.133. The Balaban J connectivity index is 3.29. The predicted molar refractivity (Wildman–Crippen MR) is 125 cm³/mol. The normalized spacial score (nSPS) is 11.6. The highest BCUT2D eigenvalue weighted by Gasteiger charge is 2.09. The van der Waals surface area contributed by atoms with Gasteiger partial charge in [0.05, 0.1) is 0 Å². The van der Waals surface area contributed by atoms with Gasteiger partial charge in [-0.15, -0.1) is 11.2 Å². The van der Waals surface area contributed by atoms with E-state index in [2.05, 4.69) is 20.8 Å². The summed E-state index contributed by atoms with van der Waals surface area (Å²) >= 11 is -0.493. The Kier molecular flexibility index (Phi) is 22.0. The molecule has 164 valence electrons. The molecule has 0 rings (SSSR count). The molecule has 0 fully saturated rings. The van der Waals surface area contributed by atoms with Gasteiger partial charge in [0.25, 0.3) is 0 Å². The van der Waals surface area contributed by atoms with Crippen LogP contribution in [0.2, 0.25) is 0 Å². The molecule has 0 bridgehead atoms. The summed E-state index contributed by atoms with van der Waals surface area (Å²) in [5, 5.41) is 0. The number of carbonyl (C=O) groups is 1. The second kappa shape index (κ2) is 22.1. The van der Waals surface area contributed by atoms with Crippen molar-refractivity contribution in [3.63, 3.8) is 0 Å². The Hall–Kier alpha value is -0.180. The van der Waals surface area contributed by atoms with Gasteiger partial charge in [-0.25, -0.2) is 0 Å². The first-order chi connectivity index (χ1) is 13.2. The van der Waals surface area contributed by atoms with Crippen molar-refractivity contribution in [1.29, 1.82) is 0 Å². The molecular formula is C24H50O2S. The molecule has 0 aromatic carbocycles. The van der Waals surface area contributed by atoms with Crippen LogP contribution in [0.4, 0.5) is 0 Å². The van der Waals surface area contributed by atoms with Gasteiger partial charge >= 0.3 is 5.97 Å². The Morgan fingerprint density at radius 3 is 1.30 bits per heavy atom. The van der Waals surface area contributed by atoms with E-state index in [0.29, 0.717) is 6.42 Å². The molecule has 0 aromatic heterocycles. The fourth-order valence-electron chi connectivity index (χ4n) is 3.53. The second-order valence-electron chi connectivity index (χ2n) is 8.09. The van der Waals surface area contributed by atoms with E-state index in [4.69, 9.17) is 4.18 Å². The highest BCUT2D eigenvalue weighted by atomic mass is 32.2. The van der Waals surface area contributed by atoms with Gasteiger partial charge in [0.2, 0.25) is 0 Å². The molecule has 2 nitrogen and oxygen atoms in total. The molecule has 0 saturated carbocycles. The highest BCUT2D eigenvalue weighted by molar-refractivity contribution is 8.13. The molecule has 0 amide bonds. The summed E-state index contributed by atoms with van der Waals surface area (Å²) in [6.45, 7) is 6.63. The quantitative estimate of drug-likeness (QED) is 0.154. The van der Waals surface area contributed by atoms with Crippen LogP contribution in [0.25, 0.3) is 0 Å². The van der Waals surface area contributed by atoms with Crippen molar-refractivity contribution in [1.82, 2.24) is 0 Å². The van der Waals surface area contributed by atoms with E-state index in [9.17, 15) is 4.79 Å². The average Bonchev–Trinajstić information content (AvgIpc) is 2.65. The van der Waals surface area contributed by atoms with E-state index in [-0.39, 0.29) is 5.97 Å². The molecule has 0 radical (unpaired) electrons. The number of rotatable bonds is 21. The van der Waals surface area contributed by atoms with E-state index >= 15 is 0 Å². The van der Waals surface area contributed by atoms with Gasteiger partial charge in [0.1, 0.15) is 0 Å². The predicted octanol–water partition coefficient (Wildman–Crippen LogP) is 8.53. The highest BCUT2D eigenvalue weighted by Crippen LogP contribution is 2.29. The SMILES string of the molecule is CCCCCCCCCCCCCCCCCC(=O)O[SH](CCC)CCC. The molecule has 0 atom stereocenters. The van der Waals surface area contributed by atoms with Crippen LogP contribution in [0, 0.1) is 0 Å². The summed E-state index contributed by atoms with van der Waals surface area (Å²) in [7, 11) is 0. The lowest BCUT2D eigenvalue weighted by Crippen LogP contribution is -2.06. The molecule has 0 aliphatic rings. The second-order valence-corrected chi connectivity index (χ2v) is 10.1. The summed E-state index contributed by atoms with van der Waals surface area (Å²) in [6, 6.07) is 0. The standard InChI is InChI=1S/C24H50O2S/c1-4-7-8-9-10-11-12-13-14-15-16-17-18-19-20-21-24(25)26-27(22-5-2)23-6-3/h27H,4-23H2,1-3H3. The maximum absolute atomic E-state index is 11.9. The van der Waals surface area contributed by atoms with Crippen LogP contribution in [0.1, 0.15) is 136 Å². The Morgan fingerprint density at radius 1 is 0.556 bits per heavy atom. The van der Waals surface area contributed by atoms with E-state index in [1.165, 1.54) is 89.9 Å². The largest absolute Gasteiger partial charge is 0.418 e. The zero-order valence-electron chi connectivity index (χ0n) is 18.9. The third-order valence-electron chi connectivity index (χ3n) is 5.16. The topological polar surface area (TPSA) is 26.3 Å². The zero-order valence-corrected chi connectivity index (χ0v) is 19.8. The molecule has 0 aromatic rings. The van der Waals surface area contributed by atoms with Gasteiger partial charge in [-0.3, -0.25) is 4.79 Å². The van der Waals surface area contributed by atoms with Gasteiger partial charge in [-0.1, -0.05) is 111 Å². The van der Waals surface area contributed by atoms with E-state index in [0.717, 1.165) is 30.8 Å². The van der Waals surface area contributed by atoms with Crippen molar-refractivity contribution in [3.8, 4) is 0 Å². The van der Waals surface area contributed by atoms with Gasteiger partial charge in [-0.05, 0) is 19.3 Å². The minimum absolute atomic E-state index is 0.0534. The fraction of sp³-hybridized carbons (Fsp3) is 0.958. The van der Waals surface area contributed by atoms with Gasteiger partial charge in [-0.2, -0.15) is 0 Å². The van der Waals surface area contributed by atoms with Crippen LogP contribution in [-0.2, 0) is 8.98 Å². The smallest absolute Gasteiger partial charge is 0.315 e. The Bertz CT molecular complexity index is 301. The van der Waals surface area contributed by atoms with Crippen LogP contribution in [0.3, 0.4) is 0 Å². The number of thiol groups is 1. The van der Waals surface area contributed by atoms with Crippen LogP contribution in [0.5, 0.6) is 0 Å². The summed E-state index contributed by atoms with van der Waals surface area (Å²) in [5.41, 5.74) is 0. The third kappa shape index (κ3) is 20.4. The van der Waals surface area contributed by atoms with E-state index in [1.807, 2.05) is 0 Å². The molecule has 27 heavy (non-hydrogen) atoms. The lowest BCUT2D eigenvalue weighted by atomic mass is 10.0. The Labute approximate surface area is 174 Å². The number of unbranched alkanes of at least 4 members (excludes halogenated alkanes) is 14. The van der Waals surface area contributed by atoms with Crippen molar-refractivity contribution < 1.29 is 8.98 Å². The van der Waals surface area contributed by atoms with E-state index < -0.39 is 11.2 Å². The van der Waals surface area contributed by atoms with Gasteiger partial charge < -0.3 is 4.18 Å². The number of hydrogen-bond acceptors (Lipinski definition) is 2. The molecule has 0 spiro atoms. The molecule has 0 aliphatic carbocycles. The summed E-state index contributed by atoms with van der Waals surface area (Å²) in [5.74, 6) is 2.21. The summed E-state index contributed by atoms with van der Waals surface area (Å²) in [4.78, 5) is 11.9. The molecule has 0 aliphatic heterocycles. The monoisotopic (exact) mass is 402 g/mol. The van der Waals surface area contributed by atoms with Crippen molar-refractivity contribution in [2.75, 3.05) is 11.5 Å². The van der Waals surface area contributed by atoms with Crippen LogP contribution in [0.15, 0.2) is 0 Å². The lowest BCUT2D eigenvalue weighted by Gasteiger charge is -2.20. The molecule has 0 heterocycles. The van der Waals surface area contributed by atoms with Crippen molar-refractivity contribution in [2.45, 2.75) is 136 Å². The summed E-state index contributed by atoms with van der Waals surface area (Å²) in [6.07, 6.45) is 23.3. The summed E-state index contributed by atoms with van der Waals surface area (Å²) < 4.78 is 5.68. The maximum atomic E-state index is 11.9. The van der Waals surface area contributed by atoms with Gasteiger partial charge in [0.15, 0.2) is 0 Å². The minimum Gasteiger partial charge on any atom is -0.418 e. The first kappa shape index (κ1) is 26.8. The fourth-order valence-corrected chi connectivity index (χ4v) is 5.32. The number of hydrogen-bond donors (Lipinski definition) is 1. The first-order valence-electron chi connectivity index (χ1n) is 12.2. The molecular weight excluding hydrogens is 352 g/mol.